The van der Waals surface area contributed by atoms with Crippen molar-refractivity contribution in [1.29, 1.82) is 0 Å². The lowest BCUT2D eigenvalue weighted by molar-refractivity contribution is 1.000. The fourth-order valence-electron chi connectivity index (χ4n) is 7.80. The minimum atomic E-state index is 0.641. The van der Waals surface area contributed by atoms with E-state index >= 15 is 0 Å². The van der Waals surface area contributed by atoms with E-state index in [-0.39, 0.29) is 0 Å². The summed E-state index contributed by atoms with van der Waals surface area (Å²) in [6.45, 7) is 0. The predicted molar refractivity (Wildman–Crippen MR) is 224 cm³/mol. The minimum Gasteiger partial charge on any atom is -0.290 e. The van der Waals surface area contributed by atoms with E-state index in [9.17, 15) is 0 Å². The van der Waals surface area contributed by atoms with Crippen LogP contribution in [0.1, 0.15) is 0 Å². The third kappa shape index (κ3) is 5.15. The first-order valence-electron chi connectivity index (χ1n) is 18.4. The second-order valence-corrected chi connectivity index (χ2v) is 13.7. The van der Waals surface area contributed by atoms with Gasteiger partial charge in [-0.25, -0.2) is 15.0 Å². The Bertz CT molecular complexity index is 3110. The molecule has 7 aromatic heterocycles. The lowest BCUT2D eigenvalue weighted by Gasteiger charge is -2.13. The third-order valence-corrected chi connectivity index (χ3v) is 10.4. The van der Waals surface area contributed by atoms with Crippen molar-refractivity contribution >= 4 is 44.0 Å². The van der Waals surface area contributed by atoms with Crippen LogP contribution < -0.4 is 0 Å². The molecule has 0 unspecified atom stereocenters. The van der Waals surface area contributed by atoms with E-state index in [1.54, 1.807) is 6.20 Å². The van der Waals surface area contributed by atoms with Crippen LogP contribution in [0.15, 0.2) is 182 Å². The van der Waals surface area contributed by atoms with Gasteiger partial charge in [0.25, 0.3) is 0 Å². The molecule has 0 fully saturated rings. The maximum Gasteiger partial charge on any atom is 0.172 e. The Morgan fingerprint density at radius 1 is 0.411 bits per heavy atom. The molecule has 56 heavy (non-hydrogen) atoms. The van der Waals surface area contributed by atoms with Gasteiger partial charge in [-0.05, 0) is 64.7 Å². The van der Waals surface area contributed by atoms with Gasteiger partial charge in [0.2, 0.25) is 0 Å². The molecule has 7 heterocycles. The second-order valence-electron chi connectivity index (χ2n) is 13.7. The van der Waals surface area contributed by atoms with Gasteiger partial charge in [-0.3, -0.25) is 14.1 Å². The first-order valence-corrected chi connectivity index (χ1v) is 18.4. The average molecular weight is 719 g/mol. The van der Waals surface area contributed by atoms with E-state index in [1.165, 1.54) is 0 Å². The van der Waals surface area contributed by atoms with Gasteiger partial charge in [0.1, 0.15) is 22.8 Å². The first kappa shape index (κ1) is 31.7. The number of aromatic nitrogens is 8. The zero-order chi connectivity index (χ0) is 37.0. The number of hydrogen-bond donors (Lipinski definition) is 0. The minimum absolute atomic E-state index is 0.641. The second kappa shape index (κ2) is 12.9. The lowest BCUT2D eigenvalue weighted by atomic mass is 10.0. The van der Waals surface area contributed by atoms with Crippen molar-refractivity contribution < 1.29 is 0 Å². The number of fused-ring (bicyclic) bond motifs is 7. The number of benzene rings is 4. The summed E-state index contributed by atoms with van der Waals surface area (Å²) in [5.41, 5.74) is 11.9. The molecular formula is C48H30N8. The van der Waals surface area contributed by atoms with E-state index in [1.807, 2.05) is 77.6 Å². The molecule has 0 aliphatic heterocycles. The highest BCUT2D eigenvalue weighted by molar-refractivity contribution is 6.23. The van der Waals surface area contributed by atoms with Gasteiger partial charge in [-0.15, -0.1) is 10.2 Å². The number of pyridine rings is 4. The molecule has 0 atom stereocenters. The Morgan fingerprint density at radius 2 is 0.964 bits per heavy atom. The van der Waals surface area contributed by atoms with Crippen LogP contribution in [0.3, 0.4) is 0 Å². The summed E-state index contributed by atoms with van der Waals surface area (Å²) in [6.07, 6.45) is 5.50. The molecule has 0 radical (unpaired) electrons. The molecule has 262 valence electrons. The highest BCUT2D eigenvalue weighted by atomic mass is 15.2. The summed E-state index contributed by atoms with van der Waals surface area (Å²) >= 11 is 0. The van der Waals surface area contributed by atoms with E-state index in [0.717, 1.165) is 88.9 Å². The molecule has 11 aromatic rings. The smallest absolute Gasteiger partial charge is 0.172 e. The molecule has 8 heteroatoms. The van der Waals surface area contributed by atoms with Crippen LogP contribution in [0.2, 0.25) is 0 Å². The summed E-state index contributed by atoms with van der Waals surface area (Å²) in [5.74, 6) is 1.44. The molecule has 0 spiro atoms. The predicted octanol–water partition coefficient (Wildman–Crippen LogP) is 10.9. The van der Waals surface area contributed by atoms with Crippen LogP contribution in [0, 0.1) is 0 Å². The van der Waals surface area contributed by atoms with Gasteiger partial charge in [0, 0.05) is 34.3 Å². The Labute approximate surface area is 321 Å². The van der Waals surface area contributed by atoms with Crippen LogP contribution in [0.4, 0.5) is 0 Å². The zero-order valence-electron chi connectivity index (χ0n) is 29.9. The summed E-state index contributed by atoms with van der Waals surface area (Å²) < 4.78 is 4.23. The fourth-order valence-corrected chi connectivity index (χ4v) is 7.80. The first-order chi connectivity index (χ1) is 27.8. The molecule has 0 saturated heterocycles. The van der Waals surface area contributed by atoms with E-state index < -0.39 is 0 Å². The van der Waals surface area contributed by atoms with Gasteiger partial charge in [0.05, 0.1) is 34.0 Å². The molecule has 0 amide bonds. The molecule has 8 nitrogen and oxygen atoms in total. The summed E-state index contributed by atoms with van der Waals surface area (Å²) in [4.78, 5) is 20.2. The van der Waals surface area contributed by atoms with Crippen LogP contribution >= 0.6 is 0 Å². The van der Waals surface area contributed by atoms with Gasteiger partial charge < -0.3 is 0 Å². The molecule has 0 aliphatic rings. The van der Waals surface area contributed by atoms with Crippen molar-refractivity contribution in [3.05, 3.63) is 182 Å². The number of nitrogens with zero attached hydrogens (tertiary/aromatic N) is 8. The van der Waals surface area contributed by atoms with Crippen molar-refractivity contribution in [1.82, 2.24) is 39.3 Å². The largest absolute Gasteiger partial charge is 0.290 e. The standard InChI is InChI=1S/C48H30N8/c1-5-14-31(15-6-1)35-26-39(33-18-9-3-10-19-33)51-42(28-35)55-41-30-49-25-23-37(41)45-46(55)44-38-22-13-24-50-47(38)56(48(44)54-53-45)43-29-36(32-16-7-2-8-17-32)27-40(52-43)34-20-11-4-12-21-34/h1-30H. The van der Waals surface area contributed by atoms with Crippen LogP contribution in [-0.4, -0.2) is 39.3 Å². The quantitative estimate of drug-likeness (QED) is 0.170. The van der Waals surface area contributed by atoms with Gasteiger partial charge in [-0.1, -0.05) is 121 Å². The summed E-state index contributed by atoms with van der Waals surface area (Å²) in [7, 11) is 0. The van der Waals surface area contributed by atoms with Crippen molar-refractivity contribution in [2.45, 2.75) is 0 Å². The topological polar surface area (TPSA) is 87.2 Å². The van der Waals surface area contributed by atoms with Gasteiger partial charge in [0.15, 0.2) is 5.65 Å². The molecule has 0 bridgehead atoms. The molecular weight excluding hydrogens is 689 g/mol. The Morgan fingerprint density at radius 3 is 1.55 bits per heavy atom. The average Bonchev–Trinajstić information content (AvgIpc) is 3.80. The Hall–Kier alpha value is -7.84. The van der Waals surface area contributed by atoms with E-state index in [2.05, 4.69) is 113 Å². The Kier molecular flexibility index (Phi) is 7.31. The molecule has 4 aromatic carbocycles. The molecule has 11 rings (SSSR count). The van der Waals surface area contributed by atoms with Gasteiger partial charge >= 0.3 is 0 Å². The maximum absolute atomic E-state index is 5.37. The monoisotopic (exact) mass is 718 g/mol. The molecule has 0 saturated carbocycles. The maximum atomic E-state index is 5.37. The highest BCUT2D eigenvalue weighted by Crippen LogP contribution is 2.40. The van der Waals surface area contributed by atoms with Crippen LogP contribution in [-0.2, 0) is 0 Å². The normalized spacial score (nSPS) is 11.6. The number of rotatable bonds is 6. The van der Waals surface area contributed by atoms with Crippen molar-refractivity contribution in [3.63, 3.8) is 0 Å². The van der Waals surface area contributed by atoms with E-state index in [4.69, 9.17) is 25.1 Å². The summed E-state index contributed by atoms with van der Waals surface area (Å²) in [5, 5.41) is 12.7. The van der Waals surface area contributed by atoms with Crippen molar-refractivity contribution in [2.75, 3.05) is 0 Å². The van der Waals surface area contributed by atoms with Crippen molar-refractivity contribution in [3.8, 4) is 56.4 Å². The van der Waals surface area contributed by atoms with E-state index in [0.29, 0.717) is 11.5 Å². The van der Waals surface area contributed by atoms with Crippen molar-refractivity contribution in [2.24, 2.45) is 0 Å². The Balaban J connectivity index is 1.25. The molecule has 0 aliphatic carbocycles. The SMILES string of the molecule is c1ccc(-c2cc(-c3ccccc3)nc(-n3c4ncccc4c4c3nnc3c5ccncc5n(-c5cc(-c6ccccc6)cc(-c6ccccc6)n5)c34)c2)cc1. The fraction of sp³-hybridized carbons (Fsp3) is 0. The highest BCUT2D eigenvalue weighted by Gasteiger charge is 2.25. The molecule has 0 N–H and O–H groups in total. The van der Waals surface area contributed by atoms with Gasteiger partial charge in [-0.2, -0.15) is 0 Å². The summed E-state index contributed by atoms with van der Waals surface area (Å²) in [6, 6.07) is 56.0. The number of hydrogen-bond acceptors (Lipinski definition) is 6. The van der Waals surface area contributed by atoms with Crippen LogP contribution in [0.25, 0.3) is 100 Å². The lowest BCUT2D eigenvalue weighted by Crippen LogP contribution is -2.03. The van der Waals surface area contributed by atoms with Crippen LogP contribution in [0.5, 0.6) is 0 Å². The third-order valence-electron chi connectivity index (χ3n) is 10.4. The zero-order valence-corrected chi connectivity index (χ0v) is 29.9.